The second-order valence-corrected chi connectivity index (χ2v) is 4.55. The minimum absolute atomic E-state index is 0.0545. The van der Waals surface area contributed by atoms with E-state index in [2.05, 4.69) is 10.2 Å². The van der Waals surface area contributed by atoms with Crippen molar-refractivity contribution in [3.8, 4) is 11.4 Å². The monoisotopic (exact) mass is 307 g/mol. The smallest absolute Gasteiger partial charge is 0.416 e. The zero-order chi connectivity index (χ0) is 15.9. The molecule has 112 valence electrons. The Kier molecular flexibility index (Phi) is 3.09. The first-order chi connectivity index (χ1) is 10.4. The van der Waals surface area contributed by atoms with Crippen molar-refractivity contribution < 1.29 is 23.1 Å². The molecule has 2 heterocycles. The highest BCUT2D eigenvalue weighted by Crippen LogP contribution is 2.30. The number of carboxylic acids is 1. The van der Waals surface area contributed by atoms with Crippen LogP contribution in [0, 0.1) is 0 Å². The van der Waals surface area contributed by atoms with Crippen molar-refractivity contribution in [1.29, 1.82) is 0 Å². The number of hydrogen-bond donors (Lipinski definition) is 1. The first kappa shape index (κ1) is 14.1. The Morgan fingerprint density at radius 2 is 1.77 bits per heavy atom. The van der Waals surface area contributed by atoms with E-state index in [-0.39, 0.29) is 5.56 Å². The molecule has 0 amide bonds. The summed E-state index contributed by atoms with van der Waals surface area (Å²) in [6, 6.07) is 7.22. The number of pyridine rings is 1. The van der Waals surface area contributed by atoms with Crippen molar-refractivity contribution in [3.05, 3.63) is 53.7 Å². The summed E-state index contributed by atoms with van der Waals surface area (Å²) >= 11 is 0. The maximum atomic E-state index is 12.5. The topological polar surface area (TPSA) is 67.5 Å². The second-order valence-electron chi connectivity index (χ2n) is 4.55. The summed E-state index contributed by atoms with van der Waals surface area (Å²) in [6.07, 6.45) is -2.94. The lowest BCUT2D eigenvalue weighted by atomic mass is 10.1. The van der Waals surface area contributed by atoms with E-state index in [4.69, 9.17) is 5.11 Å². The Balaban J connectivity index is 2.05. The zero-order valence-corrected chi connectivity index (χ0v) is 10.9. The molecule has 0 spiro atoms. The molecule has 3 rings (SSSR count). The van der Waals surface area contributed by atoms with Gasteiger partial charge < -0.3 is 5.11 Å². The standard InChI is InChI=1S/C14H8F3N3O2/c15-14(16,17)10-3-1-8(2-4-10)12-19-18-11-7-9(13(21)22)5-6-20(11)12/h1-7H,(H,21,22). The van der Waals surface area contributed by atoms with E-state index in [1.165, 1.54) is 34.9 Å². The number of fused-ring (bicyclic) bond motifs is 1. The first-order valence-electron chi connectivity index (χ1n) is 6.12. The van der Waals surface area contributed by atoms with Crippen molar-refractivity contribution >= 4 is 11.6 Å². The number of rotatable bonds is 2. The van der Waals surface area contributed by atoms with Crippen LogP contribution in [0.25, 0.3) is 17.0 Å². The molecule has 1 N–H and O–H groups in total. The van der Waals surface area contributed by atoms with Crippen molar-refractivity contribution in [2.45, 2.75) is 6.18 Å². The van der Waals surface area contributed by atoms with Gasteiger partial charge in [-0.05, 0) is 24.3 Å². The lowest BCUT2D eigenvalue weighted by molar-refractivity contribution is -0.137. The van der Waals surface area contributed by atoms with E-state index in [1.807, 2.05) is 0 Å². The maximum Gasteiger partial charge on any atom is 0.416 e. The number of aromatic nitrogens is 3. The summed E-state index contributed by atoms with van der Waals surface area (Å²) in [5, 5.41) is 16.6. The van der Waals surface area contributed by atoms with E-state index in [9.17, 15) is 18.0 Å². The summed E-state index contributed by atoms with van der Waals surface area (Å²) < 4.78 is 39.1. The molecule has 0 saturated carbocycles. The third kappa shape index (κ3) is 2.39. The van der Waals surface area contributed by atoms with Crippen LogP contribution >= 0.6 is 0 Å². The van der Waals surface area contributed by atoms with Crippen LogP contribution in [-0.2, 0) is 6.18 Å². The molecule has 0 aliphatic rings. The number of halogens is 3. The Morgan fingerprint density at radius 1 is 1.09 bits per heavy atom. The zero-order valence-electron chi connectivity index (χ0n) is 10.9. The summed E-state index contributed by atoms with van der Waals surface area (Å²) in [5.41, 5.74) is 0.0514. The number of carbonyl (C=O) groups is 1. The van der Waals surface area contributed by atoms with Crippen molar-refractivity contribution in [1.82, 2.24) is 14.6 Å². The van der Waals surface area contributed by atoms with Crippen LogP contribution in [0.3, 0.4) is 0 Å². The van der Waals surface area contributed by atoms with Gasteiger partial charge in [-0.25, -0.2) is 4.79 Å². The lowest BCUT2D eigenvalue weighted by Crippen LogP contribution is -2.04. The van der Waals surface area contributed by atoms with Gasteiger partial charge in [-0.2, -0.15) is 13.2 Å². The van der Waals surface area contributed by atoms with Gasteiger partial charge in [0.25, 0.3) is 0 Å². The van der Waals surface area contributed by atoms with Crippen LogP contribution in [-0.4, -0.2) is 25.7 Å². The molecule has 0 fully saturated rings. The Bertz CT molecular complexity index is 854. The van der Waals surface area contributed by atoms with Gasteiger partial charge in [0, 0.05) is 11.8 Å². The average Bonchev–Trinajstić information content (AvgIpc) is 2.89. The van der Waals surface area contributed by atoms with Crippen molar-refractivity contribution in [2.75, 3.05) is 0 Å². The summed E-state index contributed by atoms with van der Waals surface area (Å²) in [6.45, 7) is 0. The van der Waals surface area contributed by atoms with Gasteiger partial charge >= 0.3 is 12.1 Å². The molecular formula is C14H8F3N3O2. The number of carboxylic acid groups (broad SMARTS) is 1. The fraction of sp³-hybridized carbons (Fsp3) is 0.0714. The molecule has 0 radical (unpaired) electrons. The van der Waals surface area contributed by atoms with Crippen LogP contribution in [0.15, 0.2) is 42.6 Å². The van der Waals surface area contributed by atoms with Gasteiger partial charge in [-0.1, -0.05) is 12.1 Å². The van der Waals surface area contributed by atoms with E-state index < -0.39 is 17.7 Å². The molecule has 0 atom stereocenters. The van der Waals surface area contributed by atoms with Crippen LogP contribution in [0.2, 0.25) is 0 Å². The summed E-state index contributed by atoms with van der Waals surface area (Å²) in [4.78, 5) is 10.9. The van der Waals surface area contributed by atoms with Crippen LogP contribution in [0.1, 0.15) is 15.9 Å². The molecule has 5 nitrogen and oxygen atoms in total. The highest BCUT2D eigenvalue weighted by atomic mass is 19.4. The third-order valence-electron chi connectivity index (χ3n) is 3.13. The van der Waals surface area contributed by atoms with Crippen LogP contribution in [0.4, 0.5) is 13.2 Å². The second kappa shape index (κ2) is 4.83. The summed E-state index contributed by atoms with van der Waals surface area (Å²) in [7, 11) is 0. The Labute approximate surface area is 121 Å². The lowest BCUT2D eigenvalue weighted by Gasteiger charge is -2.07. The van der Waals surface area contributed by atoms with Gasteiger partial charge in [-0.15, -0.1) is 10.2 Å². The van der Waals surface area contributed by atoms with Crippen molar-refractivity contribution in [3.63, 3.8) is 0 Å². The molecule has 0 aliphatic heterocycles. The molecule has 3 aromatic rings. The number of hydrogen-bond acceptors (Lipinski definition) is 3. The molecule has 0 aliphatic carbocycles. The first-order valence-corrected chi connectivity index (χ1v) is 6.12. The predicted octanol–water partition coefficient (Wildman–Crippen LogP) is 3.11. The van der Waals surface area contributed by atoms with E-state index in [0.717, 1.165) is 12.1 Å². The minimum atomic E-state index is -4.40. The number of aromatic carboxylic acids is 1. The molecule has 0 unspecified atom stereocenters. The molecular weight excluding hydrogens is 299 g/mol. The highest BCUT2D eigenvalue weighted by molar-refractivity contribution is 5.88. The fourth-order valence-electron chi connectivity index (χ4n) is 2.03. The normalized spacial score (nSPS) is 11.8. The largest absolute Gasteiger partial charge is 0.478 e. The summed E-state index contributed by atoms with van der Waals surface area (Å²) in [5.74, 6) is -0.762. The third-order valence-corrected chi connectivity index (χ3v) is 3.13. The van der Waals surface area contributed by atoms with Crippen molar-refractivity contribution in [2.24, 2.45) is 0 Å². The quantitative estimate of drug-likeness (QED) is 0.790. The number of nitrogens with zero attached hydrogens (tertiary/aromatic N) is 3. The average molecular weight is 307 g/mol. The predicted molar refractivity (Wildman–Crippen MR) is 70.4 cm³/mol. The van der Waals surface area contributed by atoms with E-state index in [0.29, 0.717) is 17.0 Å². The Hall–Kier alpha value is -2.90. The molecule has 0 bridgehead atoms. The molecule has 2 aromatic heterocycles. The molecule has 22 heavy (non-hydrogen) atoms. The fourth-order valence-corrected chi connectivity index (χ4v) is 2.03. The Morgan fingerprint density at radius 3 is 2.36 bits per heavy atom. The minimum Gasteiger partial charge on any atom is -0.478 e. The van der Waals surface area contributed by atoms with Gasteiger partial charge in [0.2, 0.25) is 0 Å². The number of benzene rings is 1. The van der Waals surface area contributed by atoms with Gasteiger partial charge in [0.15, 0.2) is 11.5 Å². The molecule has 1 aromatic carbocycles. The van der Waals surface area contributed by atoms with Crippen LogP contribution in [0.5, 0.6) is 0 Å². The van der Waals surface area contributed by atoms with Gasteiger partial charge in [0.05, 0.1) is 11.1 Å². The maximum absolute atomic E-state index is 12.5. The van der Waals surface area contributed by atoms with Gasteiger partial charge in [-0.3, -0.25) is 4.40 Å². The molecule has 8 heteroatoms. The highest BCUT2D eigenvalue weighted by Gasteiger charge is 2.30. The molecule has 0 saturated heterocycles. The number of alkyl halides is 3. The van der Waals surface area contributed by atoms with Crippen LogP contribution < -0.4 is 0 Å². The van der Waals surface area contributed by atoms with E-state index >= 15 is 0 Å². The van der Waals surface area contributed by atoms with E-state index in [1.54, 1.807) is 0 Å². The SMILES string of the molecule is O=C(O)c1ccn2c(-c3ccc(C(F)(F)F)cc3)nnc2c1. The van der Waals surface area contributed by atoms with Gasteiger partial charge in [0.1, 0.15) is 0 Å².